The van der Waals surface area contributed by atoms with Crippen LogP contribution >= 0.6 is 0 Å². The van der Waals surface area contributed by atoms with Gasteiger partial charge in [-0.2, -0.15) is 0 Å². The summed E-state index contributed by atoms with van der Waals surface area (Å²) < 4.78 is 0. The van der Waals surface area contributed by atoms with E-state index in [1.807, 2.05) is 12.1 Å². The second-order valence-electron chi connectivity index (χ2n) is 5.12. The van der Waals surface area contributed by atoms with Crippen molar-refractivity contribution in [2.24, 2.45) is 5.92 Å². The number of anilines is 1. The molecule has 0 aliphatic rings. The molecule has 0 saturated heterocycles. The summed E-state index contributed by atoms with van der Waals surface area (Å²) >= 11 is 0. The number of rotatable bonds is 7. The topological polar surface area (TPSA) is 29.3 Å². The van der Waals surface area contributed by atoms with Crippen molar-refractivity contribution in [3.05, 3.63) is 29.8 Å². The molecule has 0 spiro atoms. The van der Waals surface area contributed by atoms with E-state index in [-0.39, 0.29) is 0 Å². The highest BCUT2D eigenvalue weighted by Crippen LogP contribution is 2.09. The highest BCUT2D eigenvalue weighted by Gasteiger charge is 2.03. The van der Waals surface area contributed by atoms with Gasteiger partial charge in [-0.15, -0.1) is 0 Å². The van der Waals surface area contributed by atoms with E-state index in [1.165, 1.54) is 31.5 Å². The fourth-order valence-electron chi connectivity index (χ4n) is 1.99. The molecule has 2 heteroatoms. The molecule has 0 heterocycles. The SMILES string of the molecule is CCC(C)CN(C)CCCc1ccc(N)cc1. The van der Waals surface area contributed by atoms with Gasteiger partial charge in [0.15, 0.2) is 0 Å². The van der Waals surface area contributed by atoms with Gasteiger partial charge in [0.05, 0.1) is 0 Å². The Hall–Kier alpha value is -1.02. The van der Waals surface area contributed by atoms with Crippen molar-refractivity contribution in [3.8, 4) is 0 Å². The summed E-state index contributed by atoms with van der Waals surface area (Å²) in [5.74, 6) is 0.802. The Morgan fingerprint density at radius 3 is 2.47 bits per heavy atom. The first-order valence-electron chi connectivity index (χ1n) is 6.64. The first-order valence-corrected chi connectivity index (χ1v) is 6.64. The van der Waals surface area contributed by atoms with Gasteiger partial charge in [-0.25, -0.2) is 0 Å². The predicted octanol–water partition coefficient (Wildman–Crippen LogP) is 3.18. The lowest BCUT2D eigenvalue weighted by Crippen LogP contribution is -2.25. The number of nitrogens with two attached hydrogens (primary N) is 1. The van der Waals surface area contributed by atoms with Crippen molar-refractivity contribution in [2.45, 2.75) is 33.1 Å². The van der Waals surface area contributed by atoms with Crippen LogP contribution in [0.15, 0.2) is 24.3 Å². The minimum absolute atomic E-state index is 0.802. The number of nitrogens with zero attached hydrogens (tertiary/aromatic N) is 1. The molecule has 0 aliphatic heterocycles. The Labute approximate surface area is 106 Å². The van der Waals surface area contributed by atoms with Crippen molar-refractivity contribution in [1.82, 2.24) is 4.90 Å². The minimum Gasteiger partial charge on any atom is -0.399 e. The lowest BCUT2D eigenvalue weighted by Gasteiger charge is -2.20. The smallest absolute Gasteiger partial charge is 0.0314 e. The highest BCUT2D eigenvalue weighted by atomic mass is 15.1. The molecule has 0 bridgehead atoms. The van der Waals surface area contributed by atoms with E-state index >= 15 is 0 Å². The van der Waals surface area contributed by atoms with Crippen LogP contribution in [-0.2, 0) is 6.42 Å². The Morgan fingerprint density at radius 1 is 1.24 bits per heavy atom. The van der Waals surface area contributed by atoms with Crippen molar-refractivity contribution >= 4 is 5.69 Å². The van der Waals surface area contributed by atoms with Gasteiger partial charge in [0.25, 0.3) is 0 Å². The van der Waals surface area contributed by atoms with E-state index in [0.717, 1.165) is 18.0 Å². The summed E-state index contributed by atoms with van der Waals surface area (Å²) in [4.78, 5) is 2.44. The summed E-state index contributed by atoms with van der Waals surface area (Å²) in [6, 6.07) is 8.23. The Bertz CT molecular complexity index is 305. The van der Waals surface area contributed by atoms with Crippen molar-refractivity contribution in [2.75, 3.05) is 25.9 Å². The Balaban J connectivity index is 2.21. The van der Waals surface area contributed by atoms with Gasteiger partial charge in [-0.3, -0.25) is 0 Å². The summed E-state index contributed by atoms with van der Waals surface area (Å²) in [7, 11) is 2.22. The predicted molar refractivity (Wildman–Crippen MR) is 76.1 cm³/mol. The van der Waals surface area contributed by atoms with Gasteiger partial charge in [0.1, 0.15) is 0 Å². The van der Waals surface area contributed by atoms with Crippen molar-refractivity contribution < 1.29 is 0 Å². The van der Waals surface area contributed by atoms with Crippen molar-refractivity contribution in [3.63, 3.8) is 0 Å². The molecule has 1 unspecified atom stereocenters. The van der Waals surface area contributed by atoms with Gasteiger partial charge in [0, 0.05) is 12.2 Å². The van der Waals surface area contributed by atoms with Crippen LogP contribution in [0.3, 0.4) is 0 Å². The third-order valence-corrected chi connectivity index (χ3v) is 3.31. The van der Waals surface area contributed by atoms with Crippen LogP contribution in [0.5, 0.6) is 0 Å². The van der Waals surface area contributed by atoms with E-state index in [1.54, 1.807) is 0 Å². The summed E-state index contributed by atoms with van der Waals surface area (Å²) in [6.45, 7) is 6.95. The summed E-state index contributed by atoms with van der Waals surface area (Å²) in [5.41, 5.74) is 7.90. The molecule has 1 aromatic rings. The lowest BCUT2D eigenvalue weighted by molar-refractivity contribution is 0.279. The normalized spacial score (nSPS) is 12.9. The van der Waals surface area contributed by atoms with Crippen molar-refractivity contribution in [1.29, 1.82) is 0 Å². The molecular weight excluding hydrogens is 208 g/mol. The number of hydrogen-bond acceptors (Lipinski definition) is 2. The van der Waals surface area contributed by atoms with E-state index in [4.69, 9.17) is 5.73 Å². The second kappa shape index (κ2) is 7.33. The molecule has 0 amide bonds. The second-order valence-corrected chi connectivity index (χ2v) is 5.12. The standard InChI is InChI=1S/C15H26N2/c1-4-13(2)12-17(3)11-5-6-14-7-9-15(16)10-8-14/h7-10,13H,4-6,11-12,16H2,1-3H3. The molecule has 0 saturated carbocycles. The third kappa shape index (κ3) is 5.73. The molecule has 1 atom stereocenters. The molecule has 2 N–H and O–H groups in total. The maximum Gasteiger partial charge on any atom is 0.0314 e. The lowest BCUT2D eigenvalue weighted by atomic mass is 10.1. The zero-order valence-electron chi connectivity index (χ0n) is 11.4. The van der Waals surface area contributed by atoms with Gasteiger partial charge >= 0.3 is 0 Å². The Morgan fingerprint density at radius 2 is 1.88 bits per heavy atom. The molecule has 0 fully saturated rings. The number of nitrogen functional groups attached to an aromatic ring is 1. The van der Waals surface area contributed by atoms with Crippen LogP contribution in [0, 0.1) is 5.92 Å². The average molecular weight is 234 g/mol. The Kier molecular flexibility index (Phi) is 6.06. The third-order valence-electron chi connectivity index (χ3n) is 3.31. The van der Waals surface area contributed by atoms with E-state index < -0.39 is 0 Å². The van der Waals surface area contributed by atoms with Crippen LogP contribution in [0.25, 0.3) is 0 Å². The molecule has 0 aliphatic carbocycles. The summed E-state index contributed by atoms with van der Waals surface area (Å²) in [6.07, 6.45) is 3.63. The molecule has 17 heavy (non-hydrogen) atoms. The maximum atomic E-state index is 5.67. The fraction of sp³-hybridized carbons (Fsp3) is 0.600. The molecule has 96 valence electrons. The van der Waals surface area contributed by atoms with Crippen LogP contribution < -0.4 is 5.73 Å². The van der Waals surface area contributed by atoms with Crippen LogP contribution in [-0.4, -0.2) is 25.0 Å². The largest absolute Gasteiger partial charge is 0.399 e. The minimum atomic E-state index is 0.802. The highest BCUT2D eigenvalue weighted by molar-refractivity contribution is 5.39. The number of aryl methyl sites for hydroxylation is 1. The number of hydrogen-bond donors (Lipinski definition) is 1. The zero-order valence-corrected chi connectivity index (χ0v) is 11.4. The first-order chi connectivity index (χ1) is 8.11. The van der Waals surface area contributed by atoms with Crippen LogP contribution in [0.2, 0.25) is 0 Å². The van der Waals surface area contributed by atoms with Crippen LogP contribution in [0.1, 0.15) is 32.3 Å². The first kappa shape index (κ1) is 14.0. The molecule has 0 radical (unpaired) electrons. The molecule has 2 nitrogen and oxygen atoms in total. The fourth-order valence-corrected chi connectivity index (χ4v) is 1.99. The van der Waals surface area contributed by atoms with E-state index in [9.17, 15) is 0 Å². The number of benzene rings is 1. The van der Waals surface area contributed by atoms with Gasteiger partial charge in [-0.1, -0.05) is 32.4 Å². The van der Waals surface area contributed by atoms with Gasteiger partial charge in [0.2, 0.25) is 0 Å². The van der Waals surface area contributed by atoms with Crippen LogP contribution in [0.4, 0.5) is 5.69 Å². The molecule has 0 aromatic heterocycles. The summed E-state index contributed by atoms with van der Waals surface area (Å²) in [5, 5.41) is 0. The molecule has 1 aromatic carbocycles. The quantitative estimate of drug-likeness (QED) is 0.734. The monoisotopic (exact) mass is 234 g/mol. The molecular formula is C15H26N2. The van der Waals surface area contributed by atoms with Gasteiger partial charge in [-0.05, 0) is 50.0 Å². The molecule has 1 rings (SSSR count). The zero-order chi connectivity index (χ0) is 12.7. The van der Waals surface area contributed by atoms with E-state index in [2.05, 4.69) is 37.9 Å². The van der Waals surface area contributed by atoms with E-state index in [0.29, 0.717) is 0 Å². The average Bonchev–Trinajstić information content (AvgIpc) is 2.31. The maximum absolute atomic E-state index is 5.67. The van der Waals surface area contributed by atoms with Gasteiger partial charge < -0.3 is 10.6 Å².